The summed E-state index contributed by atoms with van der Waals surface area (Å²) in [6, 6.07) is 11.5. The van der Waals surface area contributed by atoms with Crippen LogP contribution in [0.4, 0.5) is 10.5 Å². The lowest BCUT2D eigenvalue weighted by Gasteiger charge is -2.19. The first-order chi connectivity index (χ1) is 12.3. The fraction of sp³-hybridized carbons (Fsp3) is 0.300. The Bertz CT molecular complexity index is 937. The van der Waals surface area contributed by atoms with Crippen molar-refractivity contribution >= 4 is 17.4 Å². The van der Waals surface area contributed by atoms with Gasteiger partial charge in [0.25, 0.3) is 0 Å². The van der Waals surface area contributed by atoms with Gasteiger partial charge in [0, 0.05) is 17.5 Å². The number of amides is 1. The lowest BCUT2D eigenvalue weighted by atomic mass is 10.1. The second kappa shape index (κ2) is 6.71. The van der Waals surface area contributed by atoms with Crippen LogP contribution in [0.25, 0.3) is 16.9 Å². The maximum Gasteiger partial charge on any atom is 0.412 e. The summed E-state index contributed by atoms with van der Waals surface area (Å²) in [6.07, 6.45) is 1.36. The zero-order valence-corrected chi connectivity index (χ0v) is 15.7. The van der Waals surface area contributed by atoms with Crippen LogP contribution in [0.1, 0.15) is 26.5 Å². The molecule has 0 spiro atoms. The summed E-state index contributed by atoms with van der Waals surface area (Å²) in [5, 5.41) is 2.76. The van der Waals surface area contributed by atoms with Crippen LogP contribution in [-0.4, -0.2) is 28.2 Å². The minimum atomic E-state index is -0.541. The number of nitrogens with zero attached hydrogens (tertiary/aromatic N) is 2. The Morgan fingerprint density at radius 1 is 1.12 bits per heavy atom. The number of carbonyl (C=O) groups excluding carboxylic acids is 1. The van der Waals surface area contributed by atoms with E-state index in [2.05, 4.69) is 5.32 Å². The molecule has 0 fully saturated rings. The van der Waals surface area contributed by atoms with E-state index in [0.717, 1.165) is 28.3 Å². The van der Waals surface area contributed by atoms with Gasteiger partial charge in [-0.25, -0.2) is 9.78 Å². The van der Waals surface area contributed by atoms with Crippen molar-refractivity contribution in [2.75, 3.05) is 12.4 Å². The molecule has 0 aliphatic heterocycles. The number of fused-ring (bicyclic) bond motifs is 1. The van der Waals surface area contributed by atoms with Crippen LogP contribution in [-0.2, 0) is 4.74 Å². The van der Waals surface area contributed by atoms with Crippen molar-refractivity contribution in [2.45, 2.75) is 33.3 Å². The fourth-order valence-electron chi connectivity index (χ4n) is 2.68. The van der Waals surface area contributed by atoms with Crippen molar-refractivity contribution in [3.05, 3.63) is 48.3 Å². The number of hydrogen-bond acceptors (Lipinski definition) is 4. The van der Waals surface area contributed by atoms with Crippen LogP contribution >= 0.6 is 0 Å². The number of aryl methyl sites for hydroxylation is 1. The second-order valence-corrected chi connectivity index (χ2v) is 7.05. The molecule has 0 unspecified atom stereocenters. The Hall–Kier alpha value is -3.02. The molecule has 2 aromatic heterocycles. The third kappa shape index (κ3) is 3.79. The first kappa shape index (κ1) is 17.8. The summed E-state index contributed by atoms with van der Waals surface area (Å²) in [4.78, 5) is 16.7. The number of benzene rings is 1. The Kier molecular flexibility index (Phi) is 4.59. The van der Waals surface area contributed by atoms with Crippen LogP contribution in [0.15, 0.2) is 42.6 Å². The highest BCUT2D eigenvalue weighted by molar-refractivity contribution is 5.85. The van der Waals surface area contributed by atoms with E-state index in [-0.39, 0.29) is 0 Å². The first-order valence-electron chi connectivity index (χ1n) is 8.40. The van der Waals surface area contributed by atoms with E-state index >= 15 is 0 Å². The van der Waals surface area contributed by atoms with E-state index in [1.165, 1.54) is 0 Å². The molecule has 1 N–H and O–H groups in total. The Morgan fingerprint density at radius 3 is 2.42 bits per heavy atom. The summed E-state index contributed by atoms with van der Waals surface area (Å²) >= 11 is 0. The van der Waals surface area contributed by atoms with Gasteiger partial charge in [-0.1, -0.05) is 0 Å². The van der Waals surface area contributed by atoms with Gasteiger partial charge in [-0.15, -0.1) is 0 Å². The van der Waals surface area contributed by atoms with Crippen molar-refractivity contribution in [3.8, 4) is 17.0 Å². The molecule has 1 aromatic carbocycles. The average Bonchev–Trinajstić information content (AvgIpc) is 2.90. The number of anilines is 1. The van der Waals surface area contributed by atoms with Crippen molar-refractivity contribution in [1.29, 1.82) is 0 Å². The summed E-state index contributed by atoms with van der Waals surface area (Å²) in [6.45, 7) is 7.49. The van der Waals surface area contributed by atoms with E-state index in [1.807, 2.05) is 74.7 Å². The van der Waals surface area contributed by atoms with E-state index in [1.54, 1.807) is 7.11 Å². The quantitative estimate of drug-likeness (QED) is 0.743. The third-order valence-corrected chi connectivity index (χ3v) is 3.87. The summed E-state index contributed by atoms with van der Waals surface area (Å²) in [5.41, 5.74) is 3.80. The number of aromatic nitrogens is 2. The molecule has 3 aromatic rings. The van der Waals surface area contributed by atoms with E-state index in [9.17, 15) is 4.79 Å². The zero-order chi connectivity index (χ0) is 18.9. The maximum atomic E-state index is 12.0. The number of pyridine rings is 1. The van der Waals surface area contributed by atoms with E-state index in [4.69, 9.17) is 14.5 Å². The Labute approximate surface area is 152 Å². The molecule has 2 heterocycles. The van der Waals surface area contributed by atoms with Crippen molar-refractivity contribution in [1.82, 2.24) is 9.38 Å². The lowest BCUT2D eigenvalue weighted by molar-refractivity contribution is 0.0636. The van der Waals surface area contributed by atoms with Gasteiger partial charge in [0.15, 0.2) is 0 Å². The molecule has 136 valence electrons. The van der Waals surface area contributed by atoms with Gasteiger partial charge in [-0.3, -0.25) is 5.32 Å². The molecule has 3 rings (SSSR count). The summed E-state index contributed by atoms with van der Waals surface area (Å²) < 4.78 is 12.4. The van der Waals surface area contributed by atoms with Crippen LogP contribution in [0.3, 0.4) is 0 Å². The highest BCUT2D eigenvalue weighted by Crippen LogP contribution is 2.26. The Morgan fingerprint density at radius 2 is 1.81 bits per heavy atom. The van der Waals surface area contributed by atoms with Gasteiger partial charge in [0.05, 0.1) is 18.5 Å². The van der Waals surface area contributed by atoms with Crippen molar-refractivity contribution in [3.63, 3.8) is 0 Å². The predicted molar refractivity (Wildman–Crippen MR) is 102 cm³/mol. The molecular weight excluding hydrogens is 330 g/mol. The smallest absolute Gasteiger partial charge is 0.412 e. The minimum Gasteiger partial charge on any atom is -0.497 e. The maximum absolute atomic E-state index is 12.0. The van der Waals surface area contributed by atoms with Gasteiger partial charge < -0.3 is 13.9 Å². The third-order valence-electron chi connectivity index (χ3n) is 3.87. The molecule has 6 heteroatoms. The van der Waals surface area contributed by atoms with Crippen LogP contribution in [0.2, 0.25) is 0 Å². The molecule has 0 atom stereocenters. The summed E-state index contributed by atoms with van der Waals surface area (Å²) in [5.74, 6) is 0.805. The summed E-state index contributed by atoms with van der Waals surface area (Å²) in [7, 11) is 1.64. The number of rotatable bonds is 3. The largest absolute Gasteiger partial charge is 0.497 e. The second-order valence-electron chi connectivity index (χ2n) is 7.05. The highest BCUT2D eigenvalue weighted by atomic mass is 16.6. The molecule has 0 radical (unpaired) electrons. The number of nitrogens with one attached hydrogen (secondary N) is 1. The first-order valence-corrected chi connectivity index (χ1v) is 8.40. The van der Waals surface area contributed by atoms with E-state index < -0.39 is 11.7 Å². The molecule has 0 aliphatic carbocycles. The molecule has 0 aliphatic rings. The van der Waals surface area contributed by atoms with E-state index in [0.29, 0.717) is 5.69 Å². The molecular formula is C20H23N3O3. The number of imidazole rings is 1. The Balaban J connectivity index is 1.90. The predicted octanol–water partition coefficient (Wildman–Crippen LogP) is 4.67. The van der Waals surface area contributed by atoms with Gasteiger partial charge in [-0.05, 0) is 64.1 Å². The lowest BCUT2D eigenvalue weighted by Crippen LogP contribution is -2.27. The number of carbonyl (C=O) groups is 1. The molecule has 1 amide bonds. The number of methoxy groups -OCH3 is 1. The normalized spacial score (nSPS) is 11.4. The van der Waals surface area contributed by atoms with Crippen LogP contribution in [0.5, 0.6) is 5.75 Å². The molecule has 26 heavy (non-hydrogen) atoms. The van der Waals surface area contributed by atoms with Gasteiger partial charge >= 0.3 is 6.09 Å². The number of hydrogen-bond donors (Lipinski definition) is 1. The van der Waals surface area contributed by atoms with Gasteiger partial charge in [0.2, 0.25) is 0 Å². The monoisotopic (exact) mass is 353 g/mol. The van der Waals surface area contributed by atoms with Crippen molar-refractivity contribution in [2.24, 2.45) is 0 Å². The highest BCUT2D eigenvalue weighted by Gasteiger charge is 2.17. The SMILES string of the molecule is COc1ccc(-c2nc3ccc(NC(=O)OC(C)(C)C)cn3c2C)cc1. The fourth-order valence-corrected chi connectivity index (χ4v) is 2.68. The standard InChI is InChI=1S/C20H23N3O3/c1-13-18(14-6-9-16(25-5)10-7-14)22-17-11-8-15(12-23(13)17)21-19(24)26-20(2,3)4/h6-12H,1-5H3,(H,21,24). The molecule has 0 bridgehead atoms. The van der Waals surface area contributed by atoms with Crippen molar-refractivity contribution < 1.29 is 14.3 Å². The van der Waals surface area contributed by atoms with Gasteiger partial charge in [0.1, 0.15) is 17.0 Å². The molecule has 0 saturated heterocycles. The van der Waals surface area contributed by atoms with Gasteiger partial charge in [-0.2, -0.15) is 0 Å². The molecule has 6 nitrogen and oxygen atoms in total. The topological polar surface area (TPSA) is 64.9 Å². The van der Waals surface area contributed by atoms with Crippen LogP contribution in [0, 0.1) is 6.92 Å². The van der Waals surface area contributed by atoms with Crippen LogP contribution < -0.4 is 10.1 Å². The molecule has 0 saturated carbocycles. The zero-order valence-electron chi connectivity index (χ0n) is 15.7. The minimum absolute atomic E-state index is 0.481. The number of ether oxygens (including phenoxy) is 2. The average molecular weight is 353 g/mol.